The number of nitrogens with zero attached hydrogens (tertiary/aromatic N) is 1. The molecule has 0 radical (unpaired) electrons. The van der Waals surface area contributed by atoms with Crippen molar-refractivity contribution in [2.75, 3.05) is 6.54 Å². The van der Waals surface area contributed by atoms with Crippen molar-refractivity contribution in [3.05, 3.63) is 0 Å². The molecule has 0 aromatic heterocycles. The molecule has 1 aliphatic rings. The number of carbonyl (C=O) groups is 2. The number of aliphatic carboxylic acids is 1. The van der Waals surface area contributed by atoms with Gasteiger partial charge in [-0.15, -0.1) is 12.3 Å². The average molecular weight is 237 g/mol. The van der Waals surface area contributed by atoms with E-state index in [4.69, 9.17) is 11.5 Å². The second kappa shape index (κ2) is 6.95. The van der Waals surface area contributed by atoms with E-state index in [1.807, 2.05) is 4.90 Å². The van der Waals surface area contributed by atoms with Gasteiger partial charge >= 0.3 is 5.97 Å². The van der Waals surface area contributed by atoms with E-state index in [9.17, 15) is 9.59 Å². The first-order valence-electron chi connectivity index (χ1n) is 6.10. The zero-order valence-corrected chi connectivity index (χ0v) is 10.0. The van der Waals surface area contributed by atoms with Gasteiger partial charge in [-0.2, -0.15) is 0 Å². The fraction of sp³-hybridized carbons (Fsp3) is 0.692. The van der Waals surface area contributed by atoms with E-state index in [2.05, 4.69) is 5.92 Å². The molecular formula is C13H19NO3. The molecule has 0 saturated carbocycles. The van der Waals surface area contributed by atoms with Crippen LogP contribution in [-0.2, 0) is 9.59 Å². The highest BCUT2D eigenvalue weighted by atomic mass is 16.4. The number of carboxylic acids is 1. The fourth-order valence-corrected chi connectivity index (χ4v) is 2.24. The number of hydrogen-bond donors (Lipinski definition) is 1. The molecule has 1 atom stereocenters. The van der Waals surface area contributed by atoms with Crippen LogP contribution in [0.15, 0.2) is 0 Å². The first kappa shape index (κ1) is 13.6. The predicted molar refractivity (Wildman–Crippen MR) is 64.3 cm³/mol. The highest BCUT2D eigenvalue weighted by Crippen LogP contribution is 2.21. The standard InChI is InChI=1S/C13H19NO3/c1-2-3-7-12(15)14-10-5-4-6-11(14)8-9-13(16)17/h1,11H,3-10H2,(H,16,17). The van der Waals surface area contributed by atoms with Crippen molar-refractivity contribution in [2.45, 2.75) is 51.0 Å². The van der Waals surface area contributed by atoms with E-state index in [0.29, 0.717) is 19.3 Å². The van der Waals surface area contributed by atoms with Gasteiger partial charge in [0.2, 0.25) is 5.91 Å². The first-order chi connectivity index (χ1) is 8.15. The van der Waals surface area contributed by atoms with E-state index < -0.39 is 5.97 Å². The van der Waals surface area contributed by atoms with Crippen molar-refractivity contribution in [3.63, 3.8) is 0 Å². The largest absolute Gasteiger partial charge is 0.481 e. The number of rotatable bonds is 5. The molecule has 17 heavy (non-hydrogen) atoms. The Morgan fingerprint density at radius 3 is 2.76 bits per heavy atom. The quantitative estimate of drug-likeness (QED) is 0.740. The van der Waals surface area contributed by atoms with Crippen LogP contribution in [0, 0.1) is 12.3 Å². The summed E-state index contributed by atoms with van der Waals surface area (Å²) in [5, 5.41) is 8.68. The van der Waals surface area contributed by atoms with Crippen LogP contribution in [0.3, 0.4) is 0 Å². The summed E-state index contributed by atoms with van der Waals surface area (Å²) >= 11 is 0. The predicted octanol–water partition coefficient (Wildman–Crippen LogP) is 1.65. The number of carbonyl (C=O) groups excluding carboxylic acids is 1. The maximum absolute atomic E-state index is 11.9. The Balaban J connectivity index is 2.50. The lowest BCUT2D eigenvalue weighted by Gasteiger charge is -2.35. The van der Waals surface area contributed by atoms with Gasteiger partial charge in [-0.05, 0) is 25.7 Å². The third-order valence-electron chi connectivity index (χ3n) is 3.12. The molecule has 4 heteroatoms. The number of terminal acetylenes is 1. The molecule has 0 spiro atoms. The summed E-state index contributed by atoms with van der Waals surface area (Å²) in [6.07, 6.45) is 9.65. The van der Waals surface area contributed by atoms with Crippen molar-refractivity contribution < 1.29 is 14.7 Å². The maximum atomic E-state index is 11.9. The molecule has 1 amide bonds. The van der Waals surface area contributed by atoms with Crippen molar-refractivity contribution in [1.82, 2.24) is 4.90 Å². The van der Waals surface area contributed by atoms with Crippen LogP contribution < -0.4 is 0 Å². The van der Waals surface area contributed by atoms with Gasteiger partial charge in [0.25, 0.3) is 0 Å². The number of likely N-dealkylation sites (tertiary alicyclic amines) is 1. The smallest absolute Gasteiger partial charge is 0.303 e. The molecule has 1 N–H and O–H groups in total. The van der Waals surface area contributed by atoms with E-state index in [0.717, 1.165) is 25.8 Å². The molecule has 0 aliphatic carbocycles. The van der Waals surface area contributed by atoms with Gasteiger partial charge < -0.3 is 10.0 Å². The summed E-state index contributed by atoms with van der Waals surface area (Å²) in [7, 11) is 0. The van der Waals surface area contributed by atoms with Gasteiger partial charge in [-0.25, -0.2) is 0 Å². The van der Waals surface area contributed by atoms with Gasteiger partial charge in [0, 0.05) is 31.8 Å². The Bertz CT molecular complexity index is 319. The van der Waals surface area contributed by atoms with E-state index in [1.54, 1.807) is 0 Å². The molecule has 1 heterocycles. The van der Waals surface area contributed by atoms with Crippen LogP contribution in [0.4, 0.5) is 0 Å². The zero-order valence-electron chi connectivity index (χ0n) is 10.0. The van der Waals surface area contributed by atoms with E-state index in [-0.39, 0.29) is 18.4 Å². The van der Waals surface area contributed by atoms with Crippen LogP contribution in [0.1, 0.15) is 44.9 Å². The third kappa shape index (κ3) is 4.48. The highest BCUT2D eigenvalue weighted by Gasteiger charge is 2.26. The molecule has 0 aromatic carbocycles. The molecule has 0 bridgehead atoms. The minimum atomic E-state index is -0.799. The highest BCUT2D eigenvalue weighted by molar-refractivity contribution is 5.77. The van der Waals surface area contributed by atoms with Gasteiger partial charge in [0.05, 0.1) is 0 Å². The monoisotopic (exact) mass is 237 g/mol. The zero-order chi connectivity index (χ0) is 12.7. The summed E-state index contributed by atoms with van der Waals surface area (Å²) in [5.74, 6) is 1.73. The minimum Gasteiger partial charge on any atom is -0.481 e. The minimum absolute atomic E-state index is 0.0676. The van der Waals surface area contributed by atoms with Crippen LogP contribution >= 0.6 is 0 Å². The molecular weight excluding hydrogens is 218 g/mol. The molecule has 1 aliphatic heterocycles. The second-order valence-corrected chi connectivity index (χ2v) is 4.37. The van der Waals surface area contributed by atoms with Gasteiger partial charge in [-0.3, -0.25) is 9.59 Å². The summed E-state index contributed by atoms with van der Waals surface area (Å²) < 4.78 is 0. The summed E-state index contributed by atoms with van der Waals surface area (Å²) in [4.78, 5) is 24.3. The van der Waals surface area contributed by atoms with Crippen LogP contribution in [0.25, 0.3) is 0 Å². The third-order valence-corrected chi connectivity index (χ3v) is 3.12. The van der Waals surface area contributed by atoms with Gasteiger partial charge in [0.1, 0.15) is 0 Å². The summed E-state index contributed by atoms with van der Waals surface area (Å²) in [6, 6.07) is 0.0881. The first-order valence-corrected chi connectivity index (χ1v) is 6.10. The molecule has 1 unspecified atom stereocenters. The number of piperidine rings is 1. The molecule has 1 fully saturated rings. The normalized spacial score (nSPS) is 19.7. The molecule has 4 nitrogen and oxygen atoms in total. The lowest BCUT2D eigenvalue weighted by atomic mass is 9.97. The lowest BCUT2D eigenvalue weighted by Crippen LogP contribution is -2.43. The Labute approximate surface area is 102 Å². The van der Waals surface area contributed by atoms with E-state index >= 15 is 0 Å². The Kier molecular flexibility index (Phi) is 5.55. The van der Waals surface area contributed by atoms with Gasteiger partial charge in [-0.1, -0.05) is 0 Å². The molecule has 1 saturated heterocycles. The molecule has 1 rings (SSSR count). The summed E-state index contributed by atoms with van der Waals surface area (Å²) in [5.41, 5.74) is 0. The average Bonchev–Trinajstić information content (AvgIpc) is 2.33. The fourth-order valence-electron chi connectivity index (χ4n) is 2.24. The molecule has 0 aromatic rings. The van der Waals surface area contributed by atoms with E-state index in [1.165, 1.54) is 0 Å². The Hall–Kier alpha value is -1.50. The summed E-state index contributed by atoms with van der Waals surface area (Å²) in [6.45, 7) is 0.744. The van der Waals surface area contributed by atoms with Crippen LogP contribution in [-0.4, -0.2) is 34.5 Å². The van der Waals surface area contributed by atoms with Crippen LogP contribution in [0.5, 0.6) is 0 Å². The second-order valence-electron chi connectivity index (χ2n) is 4.37. The SMILES string of the molecule is C#CCCC(=O)N1CCCCC1CCC(=O)O. The Morgan fingerprint density at radius 2 is 2.12 bits per heavy atom. The van der Waals surface area contributed by atoms with Crippen molar-refractivity contribution in [2.24, 2.45) is 0 Å². The van der Waals surface area contributed by atoms with Gasteiger partial charge in [0.15, 0.2) is 0 Å². The van der Waals surface area contributed by atoms with Crippen molar-refractivity contribution in [3.8, 4) is 12.3 Å². The lowest BCUT2D eigenvalue weighted by molar-refractivity contribution is -0.140. The van der Waals surface area contributed by atoms with Crippen molar-refractivity contribution in [1.29, 1.82) is 0 Å². The number of hydrogen-bond acceptors (Lipinski definition) is 2. The molecule has 94 valence electrons. The van der Waals surface area contributed by atoms with Crippen LogP contribution in [0.2, 0.25) is 0 Å². The Morgan fingerprint density at radius 1 is 1.35 bits per heavy atom. The number of carboxylic acid groups (broad SMARTS) is 1. The van der Waals surface area contributed by atoms with Crippen molar-refractivity contribution >= 4 is 11.9 Å². The maximum Gasteiger partial charge on any atom is 0.303 e. The number of amides is 1. The topological polar surface area (TPSA) is 57.6 Å².